The highest BCUT2D eigenvalue weighted by molar-refractivity contribution is 5.96. The lowest BCUT2D eigenvalue weighted by Crippen LogP contribution is -2.60. The first kappa shape index (κ1) is 47.7. The van der Waals surface area contributed by atoms with E-state index in [0.717, 1.165) is 6.34 Å². The molecule has 14 N–H and O–H groups in total. The Morgan fingerprint density at radius 2 is 1.54 bits per heavy atom. The predicted octanol–water partition coefficient (Wildman–Crippen LogP) is -0.810. The fourth-order valence-corrected chi connectivity index (χ4v) is 6.41. The van der Waals surface area contributed by atoms with E-state index in [9.17, 15) is 39.0 Å². The van der Waals surface area contributed by atoms with Crippen molar-refractivity contribution in [2.45, 2.75) is 122 Å². The molecule has 1 aliphatic rings. The minimum absolute atomic E-state index is 0.00607. The number of benzene rings is 1. The third-order valence-electron chi connectivity index (χ3n) is 9.77. The van der Waals surface area contributed by atoms with Crippen molar-refractivity contribution in [2.75, 3.05) is 19.6 Å². The van der Waals surface area contributed by atoms with Crippen LogP contribution >= 0.6 is 0 Å². The second-order valence-corrected chi connectivity index (χ2v) is 14.8. The average molecular weight is 802 g/mol. The highest BCUT2D eigenvalue weighted by Gasteiger charge is 2.40. The summed E-state index contributed by atoms with van der Waals surface area (Å²) in [5, 5.41) is 30.4. The Hall–Kier alpha value is -5.46. The van der Waals surface area contributed by atoms with Crippen molar-refractivity contribution < 1.29 is 39.0 Å². The second-order valence-electron chi connectivity index (χ2n) is 14.8. The summed E-state index contributed by atoms with van der Waals surface area (Å²) in [4.78, 5) is 90.0. The number of carboxylic acids is 1. The zero-order valence-corrected chi connectivity index (χ0v) is 33.5. The van der Waals surface area contributed by atoms with Gasteiger partial charge in [-0.1, -0.05) is 46.2 Å². The molecule has 57 heavy (non-hydrogen) atoms. The Labute approximate surface area is 334 Å². The molecule has 1 aliphatic heterocycles. The molecule has 1 saturated heterocycles. The minimum atomic E-state index is -1.25. The van der Waals surface area contributed by atoms with Crippen LogP contribution in [0.5, 0.6) is 5.75 Å². The number of carbonyl (C=O) groups excluding carboxylic acids is 5. The number of aromatic hydroxyl groups is 1. The van der Waals surface area contributed by atoms with Gasteiger partial charge in [0.2, 0.25) is 29.5 Å². The summed E-state index contributed by atoms with van der Waals surface area (Å²) in [6.07, 6.45) is 3.73. The van der Waals surface area contributed by atoms with Gasteiger partial charge in [-0.25, -0.2) is 4.79 Å². The van der Waals surface area contributed by atoms with Crippen LogP contribution in [0.2, 0.25) is 0 Å². The van der Waals surface area contributed by atoms with Gasteiger partial charge >= 0.3 is 5.97 Å². The van der Waals surface area contributed by atoms with E-state index in [1.807, 2.05) is 20.8 Å². The van der Waals surface area contributed by atoms with Gasteiger partial charge in [-0.3, -0.25) is 34.0 Å². The number of carboxylic acid groups (broad SMARTS) is 1. The quantitative estimate of drug-likeness (QED) is 0.0349. The molecule has 0 unspecified atom stereocenters. The largest absolute Gasteiger partial charge is 0.508 e. The van der Waals surface area contributed by atoms with Gasteiger partial charge in [-0.2, -0.15) is 0 Å². The second kappa shape index (κ2) is 24.2. The van der Waals surface area contributed by atoms with Crippen molar-refractivity contribution in [1.82, 2.24) is 26.2 Å². The number of hydrogen-bond acceptors (Lipinski definition) is 10. The van der Waals surface area contributed by atoms with Crippen molar-refractivity contribution in [3.63, 3.8) is 0 Å². The molecule has 5 amide bonds. The summed E-state index contributed by atoms with van der Waals surface area (Å²) >= 11 is 0. The molecule has 2 rings (SSSR count). The van der Waals surface area contributed by atoms with E-state index in [0.29, 0.717) is 37.8 Å². The molecule has 0 aliphatic carbocycles. The molecular formula is C38H63N11O8. The number of hydrogen-bond donors (Lipinski definition) is 10. The molecule has 7 atom stereocenters. The zero-order valence-electron chi connectivity index (χ0n) is 33.5. The maximum absolute atomic E-state index is 14.1. The number of phenols is 1. The van der Waals surface area contributed by atoms with E-state index in [2.05, 4.69) is 31.3 Å². The van der Waals surface area contributed by atoms with E-state index >= 15 is 0 Å². The number of nitrogens with zero attached hydrogens (tertiary/aromatic N) is 3. The van der Waals surface area contributed by atoms with E-state index < -0.39 is 77.7 Å². The number of aliphatic carboxylic acids is 1. The molecule has 0 radical (unpaired) electrons. The first-order valence-electron chi connectivity index (χ1n) is 19.5. The van der Waals surface area contributed by atoms with Crippen molar-refractivity contribution in [3.8, 4) is 5.75 Å². The smallest absolute Gasteiger partial charge is 0.326 e. The van der Waals surface area contributed by atoms with Gasteiger partial charge in [0.05, 0.1) is 12.4 Å². The maximum atomic E-state index is 14.1. The van der Waals surface area contributed by atoms with Crippen LogP contribution in [0, 0.1) is 11.8 Å². The Morgan fingerprint density at radius 1 is 0.895 bits per heavy atom. The SMILES string of the molecule is CC[C@H](C)[C@H](NC(=O)[C@H](Cc1ccc(O)cc1)NC(=O)[C@@H]1CCCN1C(=O)[C@H](CCCN=C(N)N)NC(=O)[C@@H](N)CCCN=CN)C(=O)N[C@@H](CC(C)C)C(=O)O. The molecule has 1 aromatic carbocycles. The van der Waals surface area contributed by atoms with Crippen molar-refractivity contribution in [3.05, 3.63) is 29.8 Å². The number of phenolic OH excluding ortho intramolecular Hbond substituents is 1. The fourth-order valence-electron chi connectivity index (χ4n) is 6.41. The average Bonchev–Trinajstić information content (AvgIpc) is 3.66. The third kappa shape index (κ3) is 16.3. The Morgan fingerprint density at radius 3 is 2.14 bits per heavy atom. The van der Waals surface area contributed by atoms with Crippen LogP contribution in [0.3, 0.4) is 0 Å². The van der Waals surface area contributed by atoms with Gasteiger partial charge in [0.1, 0.15) is 36.0 Å². The molecular weight excluding hydrogens is 738 g/mol. The summed E-state index contributed by atoms with van der Waals surface area (Å²) < 4.78 is 0. The predicted molar refractivity (Wildman–Crippen MR) is 215 cm³/mol. The molecule has 1 aromatic rings. The summed E-state index contributed by atoms with van der Waals surface area (Å²) in [5.74, 6) is -4.88. The standard InChI is InChI=1S/C38H63N11O8/c1-5-23(4)31(35(54)47-29(37(56)57)19-22(2)3)48-33(52)28(20-24-12-14-25(50)15-13-24)46-34(53)30-11-8-18-49(30)36(55)27(10-7-17-44-38(41)42)45-32(51)26(40)9-6-16-43-21-39/h12-15,21-23,26-31,50H,5-11,16-20,40H2,1-4H3,(H2,39,43)(H,45,51)(H,46,53)(H,47,54)(H,48,52)(H,56,57)(H4,41,42,44)/t23-,26-,27-,28-,29-,30-,31-/m0/s1. The van der Waals surface area contributed by atoms with Crippen LogP contribution in [0.15, 0.2) is 34.3 Å². The number of likely N-dealkylation sites (tertiary alicyclic amines) is 1. The zero-order chi connectivity index (χ0) is 42.7. The van der Waals surface area contributed by atoms with Crippen molar-refractivity contribution in [1.29, 1.82) is 0 Å². The van der Waals surface area contributed by atoms with Gasteiger partial charge in [0.15, 0.2) is 5.96 Å². The van der Waals surface area contributed by atoms with E-state index in [1.54, 1.807) is 19.1 Å². The summed E-state index contributed by atoms with van der Waals surface area (Å²) in [5.41, 5.74) is 22.9. The van der Waals surface area contributed by atoms with E-state index in [4.69, 9.17) is 22.9 Å². The van der Waals surface area contributed by atoms with E-state index in [-0.39, 0.29) is 62.8 Å². The lowest BCUT2D eigenvalue weighted by molar-refractivity contribution is -0.143. The van der Waals surface area contributed by atoms with Crippen molar-refractivity contribution >= 4 is 47.8 Å². The number of guanidine groups is 1. The Bertz CT molecular complexity index is 1550. The number of nitrogens with two attached hydrogens (primary N) is 4. The number of amides is 5. The number of aliphatic imine (C=N–C) groups is 2. The van der Waals surface area contributed by atoms with Gasteiger partial charge in [-0.15, -0.1) is 0 Å². The van der Waals surface area contributed by atoms with Crippen molar-refractivity contribution in [2.24, 2.45) is 44.8 Å². The monoisotopic (exact) mass is 801 g/mol. The molecule has 19 nitrogen and oxygen atoms in total. The first-order valence-corrected chi connectivity index (χ1v) is 19.5. The van der Waals surface area contributed by atoms with Crippen LogP contribution in [0.4, 0.5) is 0 Å². The van der Waals surface area contributed by atoms with Crippen LogP contribution in [-0.4, -0.2) is 119 Å². The van der Waals surface area contributed by atoms with Gasteiger partial charge in [0, 0.05) is 26.1 Å². The van der Waals surface area contributed by atoms with Gasteiger partial charge in [0.25, 0.3) is 0 Å². The van der Waals surface area contributed by atoms with Crippen LogP contribution < -0.4 is 44.2 Å². The number of nitrogens with one attached hydrogen (secondary N) is 4. The Balaban J connectivity index is 2.36. The molecule has 318 valence electrons. The molecule has 0 bridgehead atoms. The molecule has 19 heteroatoms. The third-order valence-corrected chi connectivity index (χ3v) is 9.77. The molecule has 0 spiro atoms. The molecule has 0 saturated carbocycles. The lowest BCUT2D eigenvalue weighted by Gasteiger charge is -2.31. The lowest BCUT2D eigenvalue weighted by atomic mass is 9.96. The molecule has 1 heterocycles. The highest BCUT2D eigenvalue weighted by atomic mass is 16.4. The normalized spacial score (nSPS) is 17.2. The maximum Gasteiger partial charge on any atom is 0.326 e. The molecule has 1 fully saturated rings. The van der Waals surface area contributed by atoms with Crippen LogP contribution in [-0.2, 0) is 35.2 Å². The fraction of sp³-hybridized carbons (Fsp3) is 0.632. The topological polar surface area (TPSA) is 323 Å². The number of carbonyl (C=O) groups is 6. The number of rotatable bonds is 24. The highest BCUT2D eigenvalue weighted by Crippen LogP contribution is 2.21. The van der Waals surface area contributed by atoms with E-state index in [1.165, 1.54) is 17.0 Å². The summed E-state index contributed by atoms with van der Waals surface area (Å²) in [6.45, 7) is 7.99. The van der Waals surface area contributed by atoms with Crippen LogP contribution in [0.1, 0.15) is 84.6 Å². The summed E-state index contributed by atoms with van der Waals surface area (Å²) in [6, 6.07) is -0.534. The Kier molecular flexibility index (Phi) is 20.3. The first-order chi connectivity index (χ1) is 27.0. The van der Waals surface area contributed by atoms with Gasteiger partial charge in [-0.05, 0) is 74.5 Å². The molecule has 0 aromatic heterocycles. The summed E-state index contributed by atoms with van der Waals surface area (Å²) in [7, 11) is 0. The minimum Gasteiger partial charge on any atom is -0.508 e. The van der Waals surface area contributed by atoms with Crippen LogP contribution in [0.25, 0.3) is 0 Å². The van der Waals surface area contributed by atoms with Gasteiger partial charge < -0.3 is 59.3 Å².